The summed E-state index contributed by atoms with van der Waals surface area (Å²) in [7, 11) is 0. The average Bonchev–Trinajstić information content (AvgIpc) is 2.57. The highest BCUT2D eigenvalue weighted by Gasteiger charge is 2.36. The molecule has 1 heterocycles. The van der Waals surface area contributed by atoms with E-state index in [0.717, 1.165) is 12.0 Å². The fourth-order valence-electron chi connectivity index (χ4n) is 4.02. The molecule has 1 saturated heterocycles. The molecule has 19 heavy (non-hydrogen) atoms. The molecule has 0 aromatic heterocycles. The number of rotatable bonds is 4. The van der Waals surface area contributed by atoms with Gasteiger partial charge in [0.2, 0.25) is 0 Å². The second-order valence-electron chi connectivity index (χ2n) is 7.02. The molecule has 2 fully saturated rings. The van der Waals surface area contributed by atoms with Gasteiger partial charge in [-0.25, -0.2) is 0 Å². The van der Waals surface area contributed by atoms with Crippen molar-refractivity contribution in [1.29, 1.82) is 0 Å². The van der Waals surface area contributed by atoms with E-state index in [2.05, 4.69) is 31.0 Å². The Morgan fingerprint density at radius 2 is 1.84 bits per heavy atom. The minimum atomic E-state index is 0.453. The van der Waals surface area contributed by atoms with E-state index in [0.29, 0.717) is 5.54 Å². The second kappa shape index (κ2) is 7.08. The first-order chi connectivity index (χ1) is 9.19. The summed E-state index contributed by atoms with van der Waals surface area (Å²) in [6.45, 7) is 11.0. The van der Waals surface area contributed by atoms with E-state index in [1.165, 1.54) is 71.0 Å². The van der Waals surface area contributed by atoms with Gasteiger partial charge in [0.15, 0.2) is 0 Å². The Balaban J connectivity index is 2.02. The molecule has 1 saturated carbocycles. The fourth-order valence-corrected chi connectivity index (χ4v) is 4.02. The van der Waals surface area contributed by atoms with Crippen molar-refractivity contribution in [3.05, 3.63) is 0 Å². The third kappa shape index (κ3) is 3.95. The number of hydrogen-bond donors (Lipinski definition) is 1. The SMILES string of the molecule is CCC(CC)CN1CC2(CCCCC2)NCCC1C. The van der Waals surface area contributed by atoms with Gasteiger partial charge in [-0.1, -0.05) is 46.0 Å². The predicted octanol–water partition coefficient (Wildman–Crippen LogP) is 3.81. The smallest absolute Gasteiger partial charge is 0.0308 e. The minimum absolute atomic E-state index is 0.453. The highest BCUT2D eigenvalue weighted by molar-refractivity contribution is 4.97. The molecule has 1 unspecified atom stereocenters. The molecule has 2 aliphatic rings. The van der Waals surface area contributed by atoms with E-state index in [1.54, 1.807) is 0 Å². The Hall–Kier alpha value is -0.0800. The van der Waals surface area contributed by atoms with Crippen LogP contribution >= 0.6 is 0 Å². The molecule has 0 bridgehead atoms. The summed E-state index contributed by atoms with van der Waals surface area (Å²) in [5.74, 6) is 0.890. The van der Waals surface area contributed by atoms with Crippen molar-refractivity contribution in [2.45, 2.75) is 83.7 Å². The lowest BCUT2D eigenvalue weighted by Gasteiger charge is -2.41. The van der Waals surface area contributed by atoms with Gasteiger partial charge in [0.05, 0.1) is 0 Å². The molecule has 1 spiro atoms. The fraction of sp³-hybridized carbons (Fsp3) is 1.00. The molecule has 1 aliphatic carbocycles. The zero-order valence-corrected chi connectivity index (χ0v) is 13.4. The Bertz CT molecular complexity index is 254. The van der Waals surface area contributed by atoms with Crippen LogP contribution in [0.5, 0.6) is 0 Å². The summed E-state index contributed by atoms with van der Waals surface area (Å²) in [6.07, 6.45) is 11.1. The lowest BCUT2D eigenvalue weighted by Crippen LogP contribution is -2.53. The van der Waals surface area contributed by atoms with E-state index >= 15 is 0 Å². The first-order valence-corrected chi connectivity index (χ1v) is 8.68. The van der Waals surface area contributed by atoms with Crippen LogP contribution in [-0.2, 0) is 0 Å². The standard InChI is InChI=1S/C17H34N2/c1-4-16(5-2)13-19-14-17(10-7-6-8-11-17)18-12-9-15(19)3/h15-16,18H,4-14H2,1-3H3. The highest BCUT2D eigenvalue weighted by Crippen LogP contribution is 2.32. The second-order valence-corrected chi connectivity index (χ2v) is 7.02. The summed E-state index contributed by atoms with van der Waals surface area (Å²) in [6, 6.07) is 0.759. The molecule has 2 nitrogen and oxygen atoms in total. The van der Waals surface area contributed by atoms with E-state index in [1.807, 2.05) is 0 Å². The zero-order valence-electron chi connectivity index (χ0n) is 13.4. The highest BCUT2D eigenvalue weighted by atomic mass is 15.2. The van der Waals surface area contributed by atoms with Crippen molar-refractivity contribution in [2.24, 2.45) is 5.92 Å². The molecule has 0 aromatic rings. The van der Waals surface area contributed by atoms with Crippen molar-refractivity contribution in [3.63, 3.8) is 0 Å². The summed E-state index contributed by atoms with van der Waals surface area (Å²) >= 11 is 0. The lowest BCUT2D eigenvalue weighted by molar-refractivity contribution is 0.118. The van der Waals surface area contributed by atoms with Crippen LogP contribution < -0.4 is 5.32 Å². The molecule has 1 N–H and O–H groups in total. The van der Waals surface area contributed by atoms with Crippen LogP contribution in [0.4, 0.5) is 0 Å². The summed E-state index contributed by atoms with van der Waals surface area (Å²) in [5, 5.41) is 3.92. The molecule has 2 rings (SSSR count). The molecule has 112 valence electrons. The van der Waals surface area contributed by atoms with Crippen LogP contribution in [-0.4, -0.2) is 36.1 Å². The van der Waals surface area contributed by atoms with Gasteiger partial charge < -0.3 is 5.32 Å². The summed E-state index contributed by atoms with van der Waals surface area (Å²) in [5.41, 5.74) is 0.453. The van der Waals surface area contributed by atoms with Crippen LogP contribution in [0.25, 0.3) is 0 Å². The predicted molar refractivity (Wildman–Crippen MR) is 83.5 cm³/mol. The topological polar surface area (TPSA) is 15.3 Å². The maximum atomic E-state index is 3.92. The number of hydrogen-bond acceptors (Lipinski definition) is 2. The van der Waals surface area contributed by atoms with Crippen molar-refractivity contribution in [3.8, 4) is 0 Å². The maximum Gasteiger partial charge on any atom is 0.0308 e. The van der Waals surface area contributed by atoms with Crippen LogP contribution in [0.2, 0.25) is 0 Å². The first kappa shape index (κ1) is 15.3. The third-order valence-corrected chi connectivity index (χ3v) is 5.65. The molecular weight excluding hydrogens is 232 g/mol. The van der Waals surface area contributed by atoms with Crippen molar-refractivity contribution in [1.82, 2.24) is 10.2 Å². The molecule has 0 amide bonds. The lowest BCUT2D eigenvalue weighted by atomic mass is 9.81. The Kier molecular flexibility index (Phi) is 5.70. The third-order valence-electron chi connectivity index (χ3n) is 5.65. The van der Waals surface area contributed by atoms with E-state index < -0.39 is 0 Å². The van der Waals surface area contributed by atoms with Gasteiger partial charge in [-0.2, -0.15) is 0 Å². The largest absolute Gasteiger partial charge is 0.310 e. The van der Waals surface area contributed by atoms with Gasteiger partial charge in [-0.3, -0.25) is 4.90 Å². The van der Waals surface area contributed by atoms with Crippen LogP contribution in [0.15, 0.2) is 0 Å². The van der Waals surface area contributed by atoms with Crippen molar-refractivity contribution >= 4 is 0 Å². The van der Waals surface area contributed by atoms with E-state index in [-0.39, 0.29) is 0 Å². The molecule has 2 heteroatoms. The van der Waals surface area contributed by atoms with Gasteiger partial charge in [-0.05, 0) is 38.6 Å². The van der Waals surface area contributed by atoms with Gasteiger partial charge >= 0.3 is 0 Å². The Morgan fingerprint density at radius 1 is 1.16 bits per heavy atom. The van der Waals surface area contributed by atoms with Crippen molar-refractivity contribution < 1.29 is 0 Å². The molecule has 1 atom stereocenters. The maximum absolute atomic E-state index is 3.92. The van der Waals surface area contributed by atoms with Gasteiger partial charge in [0.1, 0.15) is 0 Å². The van der Waals surface area contributed by atoms with E-state index in [9.17, 15) is 0 Å². The van der Waals surface area contributed by atoms with Gasteiger partial charge in [0, 0.05) is 24.7 Å². The molecule has 0 radical (unpaired) electrons. The number of nitrogens with one attached hydrogen (secondary N) is 1. The molecule has 0 aromatic carbocycles. The Morgan fingerprint density at radius 3 is 2.47 bits per heavy atom. The van der Waals surface area contributed by atoms with Crippen LogP contribution in [0.1, 0.15) is 72.1 Å². The Labute approximate surface area is 120 Å². The normalized spacial score (nSPS) is 28.7. The summed E-state index contributed by atoms with van der Waals surface area (Å²) in [4.78, 5) is 2.81. The average molecular weight is 266 g/mol. The quantitative estimate of drug-likeness (QED) is 0.832. The first-order valence-electron chi connectivity index (χ1n) is 8.68. The van der Waals surface area contributed by atoms with Crippen LogP contribution in [0.3, 0.4) is 0 Å². The van der Waals surface area contributed by atoms with Crippen LogP contribution in [0, 0.1) is 5.92 Å². The van der Waals surface area contributed by atoms with Crippen molar-refractivity contribution in [2.75, 3.05) is 19.6 Å². The van der Waals surface area contributed by atoms with Gasteiger partial charge in [-0.15, -0.1) is 0 Å². The van der Waals surface area contributed by atoms with E-state index in [4.69, 9.17) is 0 Å². The van der Waals surface area contributed by atoms with Gasteiger partial charge in [0.25, 0.3) is 0 Å². The minimum Gasteiger partial charge on any atom is -0.310 e. The summed E-state index contributed by atoms with van der Waals surface area (Å²) < 4.78 is 0. The molecular formula is C17H34N2. The monoisotopic (exact) mass is 266 g/mol. The molecule has 1 aliphatic heterocycles. The zero-order chi connectivity index (χ0) is 13.7. The number of nitrogens with zero attached hydrogens (tertiary/aromatic N) is 1.